The van der Waals surface area contributed by atoms with Crippen molar-refractivity contribution in [3.8, 4) is 0 Å². The van der Waals surface area contributed by atoms with E-state index in [0.29, 0.717) is 0 Å². The first-order chi connectivity index (χ1) is 12.1. The fraction of sp³-hybridized carbons (Fsp3) is 0.300. The molecule has 3 aromatic rings. The number of nitrogens with zero attached hydrogens (tertiary/aromatic N) is 2. The Bertz CT molecular complexity index is 1010. The van der Waals surface area contributed by atoms with Gasteiger partial charge in [0.2, 0.25) is 5.91 Å². The monoisotopic (exact) mass is 335 g/mol. The molecule has 1 N–H and O–H groups in total. The number of nitrogens with one attached hydrogen (secondary N) is 1. The number of carbonyl (C=O) groups is 1. The summed E-state index contributed by atoms with van der Waals surface area (Å²) in [5, 5.41) is 1.15. The molecule has 1 unspecified atom stereocenters. The van der Waals surface area contributed by atoms with E-state index >= 15 is 0 Å². The molecule has 1 saturated carbocycles. The predicted octanol–water partition coefficient (Wildman–Crippen LogP) is 3.73. The highest BCUT2D eigenvalue weighted by molar-refractivity contribution is 5.86. The molecule has 1 fully saturated rings. The summed E-state index contributed by atoms with van der Waals surface area (Å²) in [6.07, 6.45) is 6.45. The van der Waals surface area contributed by atoms with Gasteiger partial charge in [-0.2, -0.15) is 0 Å². The van der Waals surface area contributed by atoms with E-state index in [2.05, 4.69) is 9.97 Å². The van der Waals surface area contributed by atoms with Crippen LogP contribution in [0.3, 0.4) is 0 Å². The van der Waals surface area contributed by atoms with Crippen LogP contribution in [0, 0.1) is 5.82 Å². The molecular formula is C20H18FN3O. The van der Waals surface area contributed by atoms with E-state index in [1.807, 2.05) is 23.2 Å². The van der Waals surface area contributed by atoms with E-state index in [9.17, 15) is 9.18 Å². The molecule has 1 atom stereocenters. The number of hydrogen-bond donors (Lipinski definition) is 1. The maximum atomic E-state index is 13.9. The minimum absolute atomic E-state index is 0.0363. The molecule has 5 rings (SSSR count). The molecule has 0 bridgehead atoms. The summed E-state index contributed by atoms with van der Waals surface area (Å²) >= 11 is 0. The Balaban J connectivity index is 1.80. The second kappa shape index (κ2) is 4.91. The van der Waals surface area contributed by atoms with E-state index in [-0.39, 0.29) is 23.3 Å². The van der Waals surface area contributed by atoms with E-state index in [0.717, 1.165) is 41.4 Å². The molecule has 25 heavy (non-hydrogen) atoms. The fourth-order valence-electron chi connectivity index (χ4n) is 4.43. The van der Waals surface area contributed by atoms with Crippen molar-refractivity contribution in [3.63, 3.8) is 0 Å². The van der Waals surface area contributed by atoms with Gasteiger partial charge < -0.3 is 9.88 Å². The van der Waals surface area contributed by atoms with Crippen molar-refractivity contribution in [2.75, 3.05) is 0 Å². The van der Waals surface area contributed by atoms with E-state index in [4.69, 9.17) is 0 Å². The van der Waals surface area contributed by atoms with Crippen LogP contribution in [0.2, 0.25) is 0 Å². The van der Waals surface area contributed by atoms with Crippen LogP contribution in [0.4, 0.5) is 4.39 Å². The summed E-state index contributed by atoms with van der Waals surface area (Å²) in [6.45, 7) is 1.61. The largest absolute Gasteiger partial charge is 0.355 e. The second-order valence-corrected chi connectivity index (χ2v) is 7.19. The van der Waals surface area contributed by atoms with Crippen LogP contribution < -0.4 is 0 Å². The molecule has 1 aliphatic heterocycles. The molecular weight excluding hydrogens is 317 g/mol. The van der Waals surface area contributed by atoms with Gasteiger partial charge in [-0.15, -0.1) is 0 Å². The van der Waals surface area contributed by atoms with Gasteiger partial charge >= 0.3 is 0 Å². The SMILES string of the molecule is CC(=O)N1C(c2cccc(F)c2)c2[nH]c3cnccc3c2CC12CC2. The zero-order chi connectivity index (χ0) is 17.2. The van der Waals surface area contributed by atoms with Crippen LogP contribution in [0.15, 0.2) is 42.7 Å². The van der Waals surface area contributed by atoms with Crippen LogP contribution in [0.25, 0.3) is 10.9 Å². The van der Waals surface area contributed by atoms with Gasteiger partial charge in [-0.1, -0.05) is 12.1 Å². The summed E-state index contributed by atoms with van der Waals surface area (Å²) < 4.78 is 13.9. The average molecular weight is 335 g/mol. The molecule has 0 radical (unpaired) electrons. The minimum Gasteiger partial charge on any atom is -0.355 e. The molecule has 2 aliphatic rings. The number of aromatic nitrogens is 2. The topological polar surface area (TPSA) is 49.0 Å². The van der Waals surface area contributed by atoms with Crippen LogP contribution >= 0.6 is 0 Å². The van der Waals surface area contributed by atoms with Crippen LogP contribution in [0.1, 0.15) is 42.6 Å². The first kappa shape index (κ1) is 14.6. The van der Waals surface area contributed by atoms with Crippen molar-refractivity contribution >= 4 is 16.8 Å². The van der Waals surface area contributed by atoms with Crippen LogP contribution in [-0.4, -0.2) is 26.3 Å². The van der Waals surface area contributed by atoms with Crippen molar-refractivity contribution in [1.82, 2.24) is 14.9 Å². The lowest BCUT2D eigenvalue weighted by atomic mass is 9.86. The number of aromatic amines is 1. The summed E-state index contributed by atoms with van der Waals surface area (Å²) in [6, 6.07) is 8.32. The predicted molar refractivity (Wildman–Crippen MR) is 92.5 cm³/mol. The van der Waals surface area contributed by atoms with Gasteiger partial charge in [-0.05, 0) is 48.6 Å². The van der Waals surface area contributed by atoms with Gasteiger partial charge in [-0.25, -0.2) is 4.39 Å². The third-order valence-electron chi connectivity index (χ3n) is 5.62. The molecule has 3 heterocycles. The van der Waals surface area contributed by atoms with Gasteiger partial charge in [-0.3, -0.25) is 9.78 Å². The number of benzene rings is 1. The van der Waals surface area contributed by atoms with Crippen molar-refractivity contribution in [2.24, 2.45) is 0 Å². The third-order valence-corrected chi connectivity index (χ3v) is 5.62. The number of fused-ring (bicyclic) bond motifs is 3. The molecule has 1 spiro atoms. The van der Waals surface area contributed by atoms with Crippen LogP contribution in [-0.2, 0) is 11.2 Å². The highest BCUT2D eigenvalue weighted by atomic mass is 19.1. The number of H-pyrrole nitrogens is 1. The number of hydrogen-bond acceptors (Lipinski definition) is 2. The van der Waals surface area contributed by atoms with Crippen LogP contribution in [0.5, 0.6) is 0 Å². The van der Waals surface area contributed by atoms with Crippen molar-refractivity contribution in [3.05, 3.63) is 65.4 Å². The van der Waals surface area contributed by atoms with Gasteiger partial charge in [0.05, 0.1) is 17.8 Å². The highest BCUT2D eigenvalue weighted by Crippen LogP contribution is 2.55. The lowest BCUT2D eigenvalue weighted by molar-refractivity contribution is -0.134. The molecule has 5 heteroatoms. The number of rotatable bonds is 1. The molecule has 1 aromatic carbocycles. The molecule has 2 aromatic heterocycles. The van der Waals surface area contributed by atoms with Gasteiger partial charge in [0.25, 0.3) is 0 Å². The zero-order valence-electron chi connectivity index (χ0n) is 13.9. The Morgan fingerprint density at radius 1 is 1.36 bits per heavy atom. The van der Waals surface area contributed by atoms with Crippen molar-refractivity contribution < 1.29 is 9.18 Å². The van der Waals surface area contributed by atoms with Gasteiger partial charge in [0.1, 0.15) is 5.82 Å². The number of halogens is 1. The fourth-order valence-corrected chi connectivity index (χ4v) is 4.43. The third kappa shape index (κ3) is 2.05. The number of carbonyl (C=O) groups excluding carboxylic acids is 1. The number of amides is 1. The smallest absolute Gasteiger partial charge is 0.220 e. The van der Waals surface area contributed by atoms with E-state index in [1.54, 1.807) is 19.2 Å². The maximum Gasteiger partial charge on any atom is 0.220 e. The molecule has 1 aliphatic carbocycles. The summed E-state index contributed by atoms with van der Waals surface area (Å²) in [5.41, 5.74) is 3.87. The Kier molecular flexibility index (Phi) is 2.87. The van der Waals surface area contributed by atoms with Gasteiger partial charge in [0.15, 0.2) is 0 Å². The summed E-state index contributed by atoms with van der Waals surface area (Å²) in [7, 11) is 0. The lowest BCUT2D eigenvalue weighted by Crippen LogP contribution is -2.48. The summed E-state index contributed by atoms with van der Waals surface area (Å²) in [5.74, 6) is -0.245. The van der Waals surface area contributed by atoms with E-state index < -0.39 is 0 Å². The Morgan fingerprint density at radius 3 is 2.92 bits per heavy atom. The molecule has 126 valence electrons. The number of pyridine rings is 1. The quantitative estimate of drug-likeness (QED) is 0.737. The van der Waals surface area contributed by atoms with Crippen molar-refractivity contribution in [1.29, 1.82) is 0 Å². The molecule has 4 nitrogen and oxygen atoms in total. The normalized spacial score (nSPS) is 20.7. The lowest BCUT2D eigenvalue weighted by Gasteiger charge is -2.42. The second-order valence-electron chi connectivity index (χ2n) is 7.19. The highest BCUT2D eigenvalue weighted by Gasteiger charge is 2.56. The van der Waals surface area contributed by atoms with E-state index in [1.165, 1.54) is 17.7 Å². The maximum absolute atomic E-state index is 13.9. The standard InChI is InChI=1S/C20H18FN3O/c1-12(25)24-19(13-3-2-4-14(21)9-13)18-16(10-20(24)6-7-20)15-5-8-22-11-17(15)23-18/h2-5,8-9,11,19,23H,6-7,10H2,1H3. The summed E-state index contributed by atoms with van der Waals surface area (Å²) in [4.78, 5) is 22.2. The van der Waals surface area contributed by atoms with Crippen molar-refractivity contribution in [2.45, 2.75) is 37.8 Å². The Labute approximate surface area is 144 Å². The Morgan fingerprint density at radius 2 is 2.20 bits per heavy atom. The molecule has 0 saturated heterocycles. The molecule has 1 amide bonds. The first-order valence-electron chi connectivity index (χ1n) is 8.59. The first-order valence-corrected chi connectivity index (χ1v) is 8.59. The zero-order valence-corrected chi connectivity index (χ0v) is 13.9. The minimum atomic E-state index is -0.285. The Hall–Kier alpha value is -2.69. The average Bonchev–Trinajstić information content (AvgIpc) is 3.25. The van der Waals surface area contributed by atoms with Gasteiger partial charge in [0, 0.05) is 29.7 Å².